The third-order valence-electron chi connectivity index (χ3n) is 4.01. The lowest BCUT2D eigenvalue weighted by atomic mass is 9.86. The summed E-state index contributed by atoms with van der Waals surface area (Å²) in [6.07, 6.45) is 0. The van der Waals surface area contributed by atoms with Crippen molar-refractivity contribution >= 4 is 5.91 Å². The van der Waals surface area contributed by atoms with E-state index in [9.17, 15) is 4.79 Å². The van der Waals surface area contributed by atoms with Gasteiger partial charge in [0, 0.05) is 5.56 Å². The standard InChI is InChI=1S/C20H25NO/c1-14-8-6-7-9-18(14)19(22)21-15(2)16-10-12-17(13-11-16)20(3,4)5/h6-13,15H,1-5H3,(H,21,22)/t15-/m0/s1. The summed E-state index contributed by atoms with van der Waals surface area (Å²) in [5.74, 6) is -0.0227. The summed E-state index contributed by atoms with van der Waals surface area (Å²) in [5.41, 5.74) is 4.30. The number of hydrogen-bond donors (Lipinski definition) is 1. The van der Waals surface area contributed by atoms with Crippen molar-refractivity contribution in [1.82, 2.24) is 5.32 Å². The van der Waals surface area contributed by atoms with Gasteiger partial charge in [-0.25, -0.2) is 0 Å². The van der Waals surface area contributed by atoms with Crippen LogP contribution in [0.1, 0.15) is 60.8 Å². The molecule has 2 nitrogen and oxygen atoms in total. The van der Waals surface area contributed by atoms with E-state index in [0.29, 0.717) is 0 Å². The van der Waals surface area contributed by atoms with Gasteiger partial charge in [0.25, 0.3) is 5.91 Å². The Kier molecular flexibility index (Phi) is 4.70. The van der Waals surface area contributed by atoms with Gasteiger partial charge in [0.2, 0.25) is 0 Å². The van der Waals surface area contributed by atoms with Crippen LogP contribution in [0.2, 0.25) is 0 Å². The highest BCUT2D eigenvalue weighted by Gasteiger charge is 2.16. The molecule has 22 heavy (non-hydrogen) atoms. The minimum atomic E-state index is -0.0227. The first-order valence-electron chi connectivity index (χ1n) is 7.76. The molecule has 0 radical (unpaired) electrons. The number of carbonyl (C=O) groups excluding carboxylic acids is 1. The van der Waals surface area contributed by atoms with Crippen molar-refractivity contribution in [3.05, 3.63) is 70.8 Å². The fourth-order valence-electron chi connectivity index (χ4n) is 2.46. The maximum atomic E-state index is 12.4. The summed E-state index contributed by atoms with van der Waals surface area (Å²) in [4.78, 5) is 12.4. The van der Waals surface area contributed by atoms with Gasteiger partial charge in [-0.2, -0.15) is 0 Å². The maximum absolute atomic E-state index is 12.4. The zero-order valence-corrected chi connectivity index (χ0v) is 14.1. The average molecular weight is 295 g/mol. The highest BCUT2D eigenvalue weighted by Crippen LogP contribution is 2.24. The van der Waals surface area contributed by atoms with Crippen LogP contribution in [0.5, 0.6) is 0 Å². The maximum Gasteiger partial charge on any atom is 0.252 e. The molecule has 1 N–H and O–H groups in total. The third-order valence-corrected chi connectivity index (χ3v) is 4.01. The van der Waals surface area contributed by atoms with Crippen LogP contribution in [0.4, 0.5) is 0 Å². The largest absolute Gasteiger partial charge is 0.346 e. The van der Waals surface area contributed by atoms with E-state index in [2.05, 4.69) is 50.4 Å². The fourth-order valence-corrected chi connectivity index (χ4v) is 2.46. The second kappa shape index (κ2) is 6.35. The van der Waals surface area contributed by atoms with Gasteiger partial charge in [0.1, 0.15) is 0 Å². The van der Waals surface area contributed by atoms with Crippen LogP contribution in [0.3, 0.4) is 0 Å². The van der Waals surface area contributed by atoms with E-state index in [0.717, 1.165) is 16.7 Å². The molecular formula is C20H25NO. The van der Waals surface area contributed by atoms with Gasteiger partial charge < -0.3 is 5.32 Å². The summed E-state index contributed by atoms with van der Waals surface area (Å²) < 4.78 is 0. The molecule has 0 fully saturated rings. The third kappa shape index (κ3) is 3.76. The first kappa shape index (κ1) is 16.3. The molecule has 2 aromatic carbocycles. The van der Waals surface area contributed by atoms with E-state index in [-0.39, 0.29) is 17.4 Å². The van der Waals surface area contributed by atoms with Crippen molar-refractivity contribution < 1.29 is 4.79 Å². The van der Waals surface area contributed by atoms with Gasteiger partial charge in [-0.05, 0) is 42.0 Å². The molecule has 1 amide bonds. The van der Waals surface area contributed by atoms with Crippen LogP contribution in [0, 0.1) is 6.92 Å². The molecule has 0 unspecified atom stereocenters. The Morgan fingerprint density at radius 2 is 1.59 bits per heavy atom. The van der Waals surface area contributed by atoms with Crippen molar-refractivity contribution in [2.45, 2.75) is 46.1 Å². The van der Waals surface area contributed by atoms with E-state index in [4.69, 9.17) is 0 Å². The molecule has 0 aliphatic rings. The molecule has 2 heteroatoms. The molecule has 0 aromatic heterocycles. The van der Waals surface area contributed by atoms with Crippen molar-refractivity contribution in [3.63, 3.8) is 0 Å². The quantitative estimate of drug-likeness (QED) is 0.867. The van der Waals surface area contributed by atoms with Crippen LogP contribution >= 0.6 is 0 Å². The topological polar surface area (TPSA) is 29.1 Å². The molecule has 2 rings (SSSR count). The van der Waals surface area contributed by atoms with E-state index >= 15 is 0 Å². The smallest absolute Gasteiger partial charge is 0.252 e. The monoisotopic (exact) mass is 295 g/mol. The van der Waals surface area contributed by atoms with Gasteiger partial charge in [0.15, 0.2) is 0 Å². The van der Waals surface area contributed by atoms with Crippen LogP contribution in [0.15, 0.2) is 48.5 Å². The van der Waals surface area contributed by atoms with Gasteiger partial charge in [-0.15, -0.1) is 0 Å². The van der Waals surface area contributed by atoms with Gasteiger partial charge in [-0.1, -0.05) is 63.2 Å². The summed E-state index contributed by atoms with van der Waals surface area (Å²) in [6, 6.07) is 16.1. The van der Waals surface area contributed by atoms with E-state index in [1.165, 1.54) is 5.56 Å². The van der Waals surface area contributed by atoms with Crippen molar-refractivity contribution in [1.29, 1.82) is 0 Å². The Morgan fingerprint density at radius 1 is 1.00 bits per heavy atom. The fraction of sp³-hybridized carbons (Fsp3) is 0.350. The lowest BCUT2D eigenvalue weighted by molar-refractivity contribution is 0.0939. The van der Waals surface area contributed by atoms with Crippen molar-refractivity contribution in [2.24, 2.45) is 0 Å². The SMILES string of the molecule is Cc1ccccc1C(=O)N[C@@H](C)c1ccc(C(C)(C)C)cc1. The van der Waals surface area contributed by atoms with Crippen LogP contribution in [0.25, 0.3) is 0 Å². The minimum Gasteiger partial charge on any atom is -0.346 e. The normalized spacial score (nSPS) is 12.8. The summed E-state index contributed by atoms with van der Waals surface area (Å²) in [7, 11) is 0. The Labute approximate surface area is 133 Å². The summed E-state index contributed by atoms with van der Waals surface area (Å²) >= 11 is 0. The zero-order valence-electron chi connectivity index (χ0n) is 14.1. The molecule has 0 spiro atoms. The minimum absolute atomic E-state index is 0.0128. The van der Waals surface area contributed by atoms with Gasteiger partial charge >= 0.3 is 0 Å². The predicted molar refractivity (Wildman–Crippen MR) is 92.2 cm³/mol. The lowest BCUT2D eigenvalue weighted by Crippen LogP contribution is -2.27. The number of nitrogens with one attached hydrogen (secondary N) is 1. The molecule has 0 heterocycles. The molecule has 0 aliphatic carbocycles. The highest BCUT2D eigenvalue weighted by atomic mass is 16.1. The van der Waals surface area contributed by atoms with Gasteiger partial charge in [0.05, 0.1) is 6.04 Å². The first-order valence-corrected chi connectivity index (χ1v) is 7.76. The van der Waals surface area contributed by atoms with Gasteiger partial charge in [-0.3, -0.25) is 4.79 Å². The first-order chi connectivity index (χ1) is 10.3. The molecular weight excluding hydrogens is 270 g/mol. The van der Waals surface area contributed by atoms with Crippen LogP contribution in [-0.4, -0.2) is 5.91 Å². The highest BCUT2D eigenvalue weighted by molar-refractivity contribution is 5.95. The summed E-state index contributed by atoms with van der Waals surface area (Å²) in [6.45, 7) is 10.6. The molecule has 0 saturated heterocycles. The Balaban J connectivity index is 2.11. The van der Waals surface area contributed by atoms with E-state index in [1.807, 2.05) is 38.1 Å². The predicted octanol–water partition coefficient (Wildman–Crippen LogP) is 4.78. The number of carbonyl (C=O) groups is 1. The molecule has 2 aromatic rings. The number of hydrogen-bond acceptors (Lipinski definition) is 1. The molecule has 116 valence electrons. The average Bonchev–Trinajstić information content (AvgIpc) is 2.46. The summed E-state index contributed by atoms with van der Waals surface area (Å²) in [5, 5.41) is 3.07. The Morgan fingerprint density at radius 3 is 2.14 bits per heavy atom. The van der Waals surface area contributed by atoms with Crippen LogP contribution < -0.4 is 5.32 Å². The number of benzene rings is 2. The molecule has 0 aliphatic heterocycles. The Bertz CT molecular complexity index is 650. The zero-order chi connectivity index (χ0) is 16.3. The second-order valence-electron chi connectivity index (χ2n) is 6.88. The lowest BCUT2D eigenvalue weighted by Gasteiger charge is -2.21. The van der Waals surface area contributed by atoms with Crippen molar-refractivity contribution in [2.75, 3.05) is 0 Å². The second-order valence-corrected chi connectivity index (χ2v) is 6.88. The number of aryl methyl sites for hydroxylation is 1. The Hall–Kier alpha value is -2.09. The van der Waals surface area contributed by atoms with E-state index < -0.39 is 0 Å². The van der Waals surface area contributed by atoms with E-state index in [1.54, 1.807) is 0 Å². The molecule has 0 saturated carbocycles. The van der Waals surface area contributed by atoms with Crippen molar-refractivity contribution in [3.8, 4) is 0 Å². The van der Waals surface area contributed by atoms with Crippen LogP contribution in [-0.2, 0) is 5.41 Å². The molecule has 1 atom stereocenters. The molecule has 0 bridgehead atoms. The number of amides is 1. The number of rotatable bonds is 3.